The first-order chi connectivity index (χ1) is 10.1. The predicted molar refractivity (Wildman–Crippen MR) is 83.1 cm³/mol. The number of aryl methyl sites for hydroxylation is 2. The number of nitrogens with one attached hydrogen (secondary N) is 1. The highest BCUT2D eigenvalue weighted by Crippen LogP contribution is 2.27. The molecule has 2 aromatic rings. The van der Waals surface area contributed by atoms with Crippen LogP contribution in [0.4, 0.5) is 0 Å². The number of ether oxygens (including phenoxy) is 1. The number of amidine groups is 1. The second-order valence-corrected chi connectivity index (χ2v) is 4.84. The minimum Gasteiger partial charge on any atom is -0.437 e. The number of nitrogens with zero attached hydrogens (tertiary/aromatic N) is 2. The molecular weight excluding hydrogens is 264 g/mol. The molecule has 0 unspecified atom stereocenters. The van der Waals surface area contributed by atoms with E-state index in [4.69, 9.17) is 15.9 Å². The minimum atomic E-state index is -0.0430. The van der Waals surface area contributed by atoms with E-state index in [1.54, 1.807) is 0 Å². The average molecular weight is 284 g/mol. The lowest BCUT2D eigenvalue weighted by molar-refractivity contribution is 0.451. The second kappa shape index (κ2) is 6.35. The summed E-state index contributed by atoms with van der Waals surface area (Å²) in [4.78, 5) is 0. The van der Waals surface area contributed by atoms with Crippen LogP contribution >= 0.6 is 0 Å². The van der Waals surface area contributed by atoms with Gasteiger partial charge in [0, 0.05) is 0 Å². The molecule has 0 aliphatic carbocycles. The van der Waals surface area contributed by atoms with E-state index < -0.39 is 0 Å². The molecule has 0 amide bonds. The van der Waals surface area contributed by atoms with Crippen molar-refractivity contribution < 1.29 is 4.74 Å². The van der Waals surface area contributed by atoms with Crippen LogP contribution in [0.15, 0.2) is 24.3 Å². The van der Waals surface area contributed by atoms with E-state index in [0.29, 0.717) is 17.2 Å². The van der Waals surface area contributed by atoms with Crippen molar-refractivity contribution in [2.45, 2.75) is 33.6 Å². The van der Waals surface area contributed by atoms with E-state index in [2.05, 4.69) is 10.2 Å². The van der Waals surface area contributed by atoms with Gasteiger partial charge < -0.3 is 10.5 Å². The fourth-order valence-corrected chi connectivity index (χ4v) is 2.22. The van der Waals surface area contributed by atoms with E-state index in [0.717, 1.165) is 29.7 Å². The zero-order chi connectivity index (χ0) is 15.4. The lowest BCUT2D eigenvalue weighted by Crippen LogP contribution is -2.18. The molecule has 110 valence electrons. The van der Waals surface area contributed by atoms with Gasteiger partial charge in [0.2, 0.25) is 5.88 Å². The number of hydrogen-bond donors (Lipinski definition) is 2. The summed E-state index contributed by atoms with van der Waals surface area (Å²) in [6.45, 7) is 6.03. The number of benzene rings is 1. The molecule has 3 N–H and O–H groups in total. The molecule has 0 saturated heterocycles. The van der Waals surface area contributed by atoms with Crippen LogP contribution in [-0.2, 0) is 12.8 Å². The van der Waals surface area contributed by atoms with Gasteiger partial charge in [-0.3, -0.25) is 5.41 Å². The molecule has 1 aromatic carbocycles. The summed E-state index contributed by atoms with van der Waals surface area (Å²) in [6, 6.07) is 7.63. The Morgan fingerprint density at radius 1 is 1.14 bits per heavy atom. The first-order valence-electron chi connectivity index (χ1n) is 7.04. The maximum Gasteiger partial charge on any atom is 0.250 e. The van der Waals surface area contributed by atoms with Crippen molar-refractivity contribution in [1.29, 1.82) is 5.41 Å². The predicted octanol–water partition coefficient (Wildman–Crippen LogP) is 2.99. The first-order valence-corrected chi connectivity index (χ1v) is 7.04. The maximum atomic E-state index is 7.82. The summed E-state index contributed by atoms with van der Waals surface area (Å²) < 4.78 is 5.77. The van der Waals surface area contributed by atoms with E-state index in [9.17, 15) is 0 Å². The summed E-state index contributed by atoms with van der Waals surface area (Å²) in [5, 5.41) is 16.1. The maximum absolute atomic E-state index is 7.82. The third kappa shape index (κ3) is 3.18. The van der Waals surface area contributed by atoms with Gasteiger partial charge in [0.25, 0.3) is 0 Å². The van der Waals surface area contributed by atoms with Crippen molar-refractivity contribution in [3.8, 4) is 11.6 Å². The van der Waals surface area contributed by atoms with E-state index in [1.807, 2.05) is 45.0 Å². The molecule has 1 heterocycles. The van der Waals surface area contributed by atoms with E-state index in [1.165, 1.54) is 0 Å². The highest BCUT2D eigenvalue weighted by molar-refractivity contribution is 5.98. The van der Waals surface area contributed by atoms with Gasteiger partial charge in [-0.15, -0.1) is 5.10 Å². The van der Waals surface area contributed by atoms with Crippen molar-refractivity contribution in [3.63, 3.8) is 0 Å². The Balaban J connectivity index is 2.48. The zero-order valence-corrected chi connectivity index (χ0v) is 12.6. The minimum absolute atomic E-state index is 0.0430. The van der Waals surface area contributed by atoms with Crippen molar-refractivity contribution >= 4 is 5.84 Å². The van der Waals surface area contributed by atoms with Crippen molar-refractivity contribution in [2.75, 3.05) is 0 Å². The lowest BCUT2D eigenvalue weighted by atomic mass is 10.0. The van der Waals surface area contributed by atoms with Gasteiger partial charge in [0.15, 0.2) is 0 Å². The van der Waals surface area contributed by atoms with Gasteiger partial charge in [0.1, 0.15) is 11.6 Å². The van der Waals surface area contributed by atoms with Gasteiger partial charge in [-0.2, -0.15) is 5.10 Å². The molecule has 2 rings (SSSR count). The molecule has 0 atom stereocenters. The molecule has 0 aliphatic rings. The highest BCUT2D eigenvalue weighted by Gasteiger charge is 2.18. The van der Waals surface area contributed by atoms with Gasteiger partial charge in [-0.05, 0) is 37.5 Å². The largest absolute Gasteiger partial charge is 0.437 e. The Bertz CT molecular complexity index is 650. The Morgan fingerprint density at radius 2 is 1.81 bits per heavy atom. The van der Waals surface area contributed by atoms with Crippen LogP contribution in [0.1, 0.15) is 36.2 Å². The molecule has 5 nitrogen and oxygen atoms in total. The van der Waals surface area contributed by atoms with E-state index in [-0.39, 0.29) is 5.84 Å². The molecule has 0 fully saturated rings. The Kier molecular flexibility index (Phi) is 4.52. The number of rotatable bonds is 5. The Labute approximate surface area is 124 Å². The normalized spacial score (nSPS) is 10.4. The number of nitrogen functional groups attached to an aromatic ring is 1. The molecule has 0 spiro atoms. The van der Waals surface area contributed by atoms with Crippen molar-refractivity contribution in [1.82, 2.24) is 10.2 Å². The summed E-state index contributed by atoms with van der Waals surface area (Å²) >= 11 is 0. The monoisotopic (exact) mass is 284 g/mol. The molecule has 5 heteroatoms. The number of aromatic nitrogens is 2. The molecule has 0 aliphatic heterocycles. The van der Waals surface area contributed by atoms with Gasteiger partial charge in [0.05, 0.1) is 11.3 Å². The summed E-state index contributed by atoms with van der Waals surface area (Å²) in [5.41, 5.74) is 9.22. The van der Waals surface area contributed by atoms with Crippen LogP contribution in [0.3, 0.4) is 0 Å². The molecule has 0 bridgehead atoms. The van der Waals surface area contributed by atoms with Crippen LogP contribution in [0, 0.1) is 12.3 Å². The van der Waals surface area contributed by atoms with Crippen molar-refractivity contribution in [2.24, 2.45) is 5.73 Å². The zero-order valence-electron chi connectivity index (χ0n) is 12.6. The molecule has 0 radical (unpaired) electrons. The lowest BCUT2D eigenvalue weighted by Gasteiger charge is -2.14. The van der Waals surface area contributed by atoms with Crippen LogP contribution < -0.4 is 10.5 Å². The first kappa shape index (κ1) is 15.0. The van der Waals surface area contributed by atoms with Crippen LogP contribution in [0.2, 0.25) is 0 Å². The molecule has 0 saturated carbocycles. The third-order valence-electron chi connectivity index (χ3n) is 3.32. The Hall–Kier alpha value is -2.43. The van der Waals surface area contributed by atoms with Gasteiger partial charge in [-0.1, -0.05) is 31.5 Å². The second-order valence-electron chi connectivity index (χ2n) is 4.84. The highest BCUT2D eigenvalue weighted by atomic mass is 16.5. The summed E-state index contributed by atoms with van der Waals surface area (Å²) in [5.74, 6) is 0.905. The average Bonchev–Trinajstić information content (AvgIpc) is 2.48. The van der Waals surface area contributed by atoms with E-state index >= 15 is 0 Å². The quantitative estimate of drug-likeness (QED) is 0.653. The fourth-order valence-electron chi connectivity index (χ4n) is 2.22. The summed E-state index contributed by atoms with van der Waals surface area (Å²) in [6.07, 6.45) is 1.49. The van der Waals surface area contributed by atoms with Crippen LogP contribution in [0.25, 0.3) is 0 Å². The fraction of sp³-hybridized carbons (Fsp3) is 0.312. The van der Waals surface area contributed by atoms with Crippen LogP contribution in [-0.4, -0.2) is 16.0 Å². The third-order valence-corrected chi connectivity index (χ3v) is 3.32. The topological polar surface area (TPSA) is 84.9 Å². The SMILES string of the molecule is CCc1nnc(Oc2ccc(C)cc2)c(C(=N)N)c1CC. The smallest absolute Gasteiger partial charge is 0.250 e. The van der Waals surface area contributed by atoms with Gasteiger partial charge in [-0.25, -0.2) is 0 Å². The standard InChI is InChI=1S/C16H20N4O/c1-4-12-13(5-2)19-20-16(14(12)15(17)18)21-11-8-6-10(3)7-9-11/h6-9H,4-5H2,1-3H3,(H3,17,18). The summed E-state index contributed by atoms with van der Waals surface area (Å²) in [7, 11) is 0. The van der Waals surface area contributed by atoms with Crippen LogP contribution in [0.5, 0.6) is 11.6 Å². The number of hydrogen-bond acceptors (Lipinski definition) is 4. The van der Waals surface area contributed by atoms with Crippen molar-refractivity contribution in [3.05, 3.63) is 46.6 Å². The molecular formula is C16H20N4O. The molecule has 1 aromatic heterocycles. The molecule has 21 heavy (non-hydrogen) atoms. The Morgan fingerprint density at radius 3 is 2.33 bits per heavy atom. The van der Waals surface area contributed by atoms with Gasteiger partial charge >= 0.3 is 0 Å². The number of nitrogens with two attached hydrogens (primary N) is 1.